The van der Waals surface area contributed by atoms with Gasteiger partial charge in [0.05, 0.1) is 17.0 Å². The zero-order valence-electron chi connectivity index (χ0n) is 12.6. The first-order valence-electron chi connectivity index (χ1n) is 7.61. The molecule has 0 N–H and O–H groups in total. The summed E-state index contributed by atoms with van der Waals surface area (Å²) in [5.41, 5.74) is 1.23. The molecule has 0 aromatic carbocycles. The number of aryl methyl sites for hydroxylation is 2. The third kappa shape index (κ3) is 4.36. The van der Waals surface area contributed by atoms with Crippen molar-refractivity contribution in [2.45, 2.75) is 26.4 Å². The lowest BCUT2D eigenvalue weighted by Crippen LogP contribution is -2.46. The topological polar surface area (TPSA) is 37.2 Å². The summed E-state index contributed by atoms with van der Waals surface area (Å²) in [7, 11) is 0. The summed E-state index contributed by atoms with van der Waals surface area (Å²) in [6.45, 7) is 9.99. The van der Waals surface area contributed by atoms with Crippen LogP contribution in [0.2, 0.25) is 0 Å². The van der Waals surface area contributed by atoms with Crippen molar-refractivity contribution in [1.82, 2.24) is 24.3 Å². The van der Waals surface area contributed by atoms with Crippen molar-refractivity contribution in [2.75, 3.05) is 32.7 Å². The SMILES string of the molecule is Cc1nc(CN2CCN(CCCn3ccnc3)CC2)cs1. The summed E-state index contributed by atoms with van der Waals surface area (Å²) in [5, 5.41) is 3.36. The molecule has 3 heterocycles. The average Bonchev–Trinajstić information content (AvgIpc) is 3.13. The molecule has 5 nitrogen and oxygen atoms in total. The van der Waals surface area contributed by atoms with Crippen molar-refractivity contribution in [3.05, 3.63) is 34.8 Å². The average molecular weight is 305 g/mol. The first-order chi connectivity index (χ1) is 10.3. The Morgan fingerprint density at radius 2 is 1.95 bits per heavy atom. The Balaban J connectivity index is 1.35. The standard InChI is InChI=1S/C15H23N5S/c1-14-17-15(12-21-14)11-19-9-7-18(8-10-19)4-2-5-20-6-3-16-13-20/h3,6,12-13H,2,4-5,7-11H2,1H3. The summed E-state index contributed by atoms with van der Waals surface area (Å²) in [6.07, 6.45) is 6.97. The number of nitrogens with zero attached hydrogens (tertiary/aromatic N) is 5. The van der Waals surface area contributed by atoms with Gasteiger partial charge in [0.1, 0.15) is 0 Å². The minimum Gasteiger partial charge on any atom is -0.337 e. The molecular weight excluding hydrogens is 282 g/mol. The monoisotopic (exact) mass is 305 g/mol. The van der Waals surface area contributed by atoms with E-state index in [-0.39, 0.29) is 0 Å². The smallest absolute Gasteiger partial charge is 0.0945 e. The molecule has 0 amide bonds. The molecule has 2 aromatic rings. The van der Waals surface area contributed by atoms with Crippen LogP contribution in [0.3, 0.4) is 0 Å². The van der Waals surface area contributed by atoms with Crippen LogP contribution in [0.4, 0.5) is 0 Å². The van der Waals surface area contributed by atoms with E-state index in [1.165, 1.54) is 36.8 Å². The fourth-order valence-electron chi connectivity index (χ4n) is 2.78. The molecule has 0 spiro atoms. The van der Waals surface area contributed by atoms with E-state index in [0.717, 1.165) is 26.2 Å². The largest absolute Gasteiger partial charge is 0.337 e. The number of hydrogen-bond acceptors (Lipinski definition) is 5. The van der Waals surface area contributed by atoms with Gasteiger partial charge >= 0.3 is 0 Å². The Bertz CT molecular complexity index is 528. The first kappa shape index (κ1) is 14.7. The molecule has 21 heavy (non-hydrogen) atoms. The summed E-state index contributed by atoms with van der Waals surface area (Å²) in [6, 6.07) is 0. The normalized spacial score (nSPS) is 17.4. The van der Waals surface area contributed by atoms with Crippen molar-refractivity contribution in [3.8, 4) is 0 Å². The predicted molar refractivity (Wildman–Crippen MR) is 85.4 cm³/mol. The van der Waals surface area contributed by atoms with Crippen molar-refractivity contribution in [3.63, 3.8) is 0 Å². The minimum absolute atomic E-state index is 1.01. The molecule has 1 saturated heterocycles. The van der Waals surface area contributed by atoms with Gasteiger partial charge in [-0.2, -0.15) is 0 Å². The third-order valence-electron chi connectivity index (χ3n) is 3.97. The van der Waals surface area contributed by atoms with Crippen molar-refractivity contribution in [2.24, 2.45) is 0 Å². The molecule has 114 valence electrons. The molecule has 0 unspecified atom stereocenters. The maximum Gasteiger partial charge on any atom is 0.0945 e. The van der Waals surface area contributed by atoms with Crippen molar-refractivity contribution in [1.29, 1.82) is 0 Å². The van der Waals surface area contributed by atoms with Gasteiger partial charge in [-0.25, -0.2) is 9.97 Å². The number of imidazole rings is 1. The van der Waals surface area contributed by atoms with Crippen molar-refractivity contribution >= 4 is 11.3 Å². The molecule has 1 aliphatic rings. The van der Waals surface area contributed by atoms with Crippen LogP contribution in [0.1, 0.15) is 17.1 Å². The van der Waals surface area contributed by atoms with Gasteiger partial charge in [0, 0.05) is 57.0 Å². The van der Waals surface area contributed by atoms with E-state index in [2.05, 4.69) is 36.6 Å². The van der Waals surface area contributed by atoms with Crippen LogP contribution in [0.25, 0.3) is 0 Å². The number of hydrogen-bond donors (Lipinski definition) is 0. The van der Waals surface area contributed by atoms with Gasteiger partial charge in [-0.1, -0.05) is 0 Å². The fraction of sp³-hybridized carbons (Fsp3) is 0.600. The quantitative estimate of drug-likeness (QED) is 0.816. The fourth-order valence-corrected chi connectivity index (χ4v) is 3.38. The first-order valence-corrected chi connectivity index (χ1v) is 8.49. The molecule has 0 radical (unpaired) electrons. The van der Waals surface area contributed by atoms with Crippen LogP contribution in [-0.2, 0) is 13.1 Å². The molecule has 0 saturated carbocycles. The second-order valence-corrected chi connectivity index (χ2v) is 6.69. The zero-order valence-corrected chi connectivity index (χ0v) is 13.4. The second-order valence-electron chi connectivity index (χ2n) is 5.63. The molecule has 3 rings (SSSR count). The minimum atomic E-state index is 1.01. The predicted octanol–water partition coefficient (Wildman–Crippen LogP) is 1.86. The molecule has 0 atom stereocenters. The maximum absolute atomic E-state index is 4.56. The molecule has 1 aliphatic heterocycles. The lowest BCUT2D eigenvalue weighted by atomic mass is 10.2. The Labute approximate surface area is 130 Å². The lowest BCUT2D eigenvalue weighted by molar-refractivity contribution is 0.124. The number of aromatic nitrogens is 3. The van der Waals surface area contributed by atoms with E-state index in [1.807, 2.05) is 18.7 Å². The van der Waals surface area contributed by atoms with Gasteiger partial charge in [0.25, 0.3) is 0 Å². The summed E-state index contributed by atoms with van der Waals surface area (Å²) in [5.74, 6) is 0. The highest BCUT2D eigenvalue weighted by Crippen LogP contribution is 2.12. The highest BCUT2D eigenvalue weighted by Gasteiger charge is 2.17. The Morgan fingerprint density at radius 1 is 1.14 bits per heavy atom. The molecule has 6 heteroatoms. The third-order valence-corrected chi connectivity index (χ3v) is 4.79. The van der Waals surface area contributed by atoms with E-state index in [1.54, 1.807) is 11.3 Å². The number of thiazole rings is 1. The molecule has 0 aliphatic carbocycles. The Morgan fingerprint density at radius 3 is 2.62 bits per heavy atom. The van der Waals surface area contributed by atoms with Crippen molar-refractivity contribution < 1.29 is 0 Å². The lowest BCUT2D eigenvalue weighted by Gasteiger charge is -2.34. The Kier molecular flexibility index (Phi) is 5.00. The maximum atomic E-state index is 4.56. The summed E-state index contributed by atoms with van der Waals surface area (Å²) < 4.78 is 2.15. The van der Waals surface area contributed by atoms with Crippen LogP contribution in [0.15, 0.2) is 24.1 Å². The summed E-state index contributed by atoms with van der Waals surface area (Å²) in [4.78, 5) is 13.7. The second kappa shape index (κ2) is 7.15. The Hall–Kier alpha value is -1.24. The van der Waals surface area contributed by atoms with E-state index >= 15 is 0 Å². The molecule has 0 bridgehead atoms. The van der Waals surface area contributed by atoms with E-state index < -0.39 is 0 Å². The molecule has 1 fully saturated rings. The number of rotatable bonds is 6. The number of piperazine rings is 1. The van der Waals surface area contributed by atoms with Crippen LogP contribution < -0.4 is 0 Å². The summed E-state index contributed by atoms with van der Waals surface area (Å²) >= 11 is 1.75. The van der Waals surface area contributed by atoms with Gasteiger partial charge in [0.15, 0.2) is 0 Å². The van der Waals surface area contributed by atoms with Gasteiger partial charge in [-0.3, -0.25) is 4.90 Å². The zero-order chi connectivity index (χ0) is 14.5. The van der Waals surface area contributed by atoms with E-state index in [4.69, 9.17) is 0 Å². The van der Waals surface area contributed by atoms with Gasteiger partial charge < -0.3 is 9.47 Å². The van der Waals surface area contributed by atoms with Crippen LogP contribution in [0.5, 0.6) is 0 Å². The molecular formula is C15H23N5S. The van der Waals surface area contributed by atoms with Crippen LogP contribution in [-0.4, -0.2) is 57.1 Å². The van der Waals surface area contributed by atoms with Gasteiger partial charge in [-0.05, 0) is 19.9 Å². The highest BCUT2D eigenvalue weighted by molar-refractivity contribution is 7.09. The molecule has 2 aromatic heterocycles. The van der Waals surface area contributed by atoms with Gasteiger partial charge in [-0.15, -0.1) is 11.3 Å². The van der Waals surface area contributed by atoms with Gasteiger partial charge in [0.2, 0.25) is 0 Å². The van der Waals surface area contributed by atoms with E-state index in [9.17, 15) is 0 Å². The van der Waals surface area contributed by atoms with E-state index in [0.29, 0.717) is 0 Å². The van der Waals surface area contributed by atoms with Crippen LogP contribution >= 0.6 is 11.3 Å². The van der Waals surface area contributed by atoms with Crippen LogP contribution in [0, 0.1) is 6.92 Å². The highest BCUT2D eigenvalue weighted by atomic mass is 32.1.